The molecule has 2 rings (SSSR count). The number of hydrogen-bond donors (Lipinski definition) is 1. The molecule has 1 fully saturated rings. The number of esters is 1. The summed E-state index contributed by atoms with van der Waals surface area (Å²) in [7, 11) is 0. The smallest absolute Gasteiger partial charge is 0.342 e. The number of nitrogens with zero attached hydrogens (tertiary/aromatic N) is 1. The minimum atomic E-state index is -0.682. The highest BCUT2D eigenvalue weighted by Gasteiger charge is 2.29. The molecule has 0 saturated carbocycles. The van der Waals surface area contributed by atoms with Gasteiger partial charge in [0.25, 0.3) is 5.91 Å². The molecular weight excluding hydrogens is 270 g/mol. The first-order chi connectivity index (χ1) is 10.0. The molecule has 0 radical (unpaired) electrons. The maximum atomic E-state index is 12.2. The number of phenols is 1. The lowest BCUT2D eigenvalue weighted by molar-refractivity contribution is -0.140. The van der Waals surface area contributed by atoms with E-state index in [9.17, 15) is 14.7 Å². The van der Waals surface area contributed by atoms with Crippen molar-refractivity contribution in [1.82, 2.24) is 4.90 Å². The van der Waals surface area contributed by atoms with Crippen LogP contribution in [0.5, 0.6) is 5.75 Å². The molecule has 0 unspecified atom stereocenters. The summed E-state index contributed by atoms with van der Waals surface area (Å²) >= 11 is 0. The molecule has 1 aromatic rings. The minimum absolute atomic E-state index is 0.0741. The Kier molecular flexibility index (Phi) is 4.83. The van der Waals surface area contributed by atoms with E-state index >= 15 is 0 Å². The number of amides is 1. The van der Waals surface area contributed by atoms with Crippen LogP contribution in [0.3, 0.4) is 0 Å². The topological polar surface area (TPSA) is 66.8 Å². The number of piperidine rings is 1. The fourth-order valence-electron chi connectivity index (χ4n) is 2.84. The Bertz CT molecular complexity index is 519. The first kappa shape index (κ1) is 15.4. The molecule has 1 heterocycles. The van der Waals surface area contributed by atoms with Crippen LogP contribution in [0.25, 0.3) is 0 Å². The van der Waals surface area contributed by atoms with E-state index in [0.717, 1.165) is 19.3 Å². The highest BCUT2D eigenvalue weighted by atomic mass is 16.5. The number of hydrogen-bond acceptors (Lipinski definition) is 4. The molecule has 1 saturated heterocycles. The number of rotatable bonds is 3. The van der Waals surface area contributed by atoms with Gasteiger partial charge in [-0.15, -0.1) is 0 Å². The van der Waals surface area contributed by atoms with Gasteiger partial charge in [-0.3, -0.25) is 4.79 Å². The zero-order valence-corrected chi connectivity index (χ0v) is 12.4. The third-order valence-electron chi connectivity index (χ3n) is 3.93. The molecule has 5 heteroatoms. The molecule has 114 valence electrons. The van der Waals surface area contributed by atoms with Gasteiger partial charge in [0.2, 0.25) is 0 Å². The molecule has 1 aliphatic rings. The molecule has 1 N–H and O–H groups in total. The lowest BCUT2D eigenvalue weighted by Crippen LogP contribution is -2.49. The lowest BCUT2D eigenvalue weighted by Gasteiger charge is -2.38. The van der Waals surface area contributed by atoms with Crippen molar-refractivity contribution in [1.29, 1.82) is 0 Å². The van der Waals surface area contributed by atoms with E-state index in [0.29, 0.717) is 0 Å². The van der Waals surface area contributed by atoms with Gasteiger partial charge < -0.3 is 14.7 Å². The third kappa shape index (κ3) is 3.54. The van der Waals surface area contributed by atoms with E-state index in [1.165, 1.54) is 12.1 Å². The first-order valence-electron chi connectivity index (χ1n) is 7.27. The van der Waals surface area contributed by atoms with Crippen molar-refractivity contribution in [2.45, 2.75) is 45.2 Å². The number of phenolic OH excluding ortho intramolecular Hbond substituents is 1. The molecule has 5 nitrogen and oxygen atoms in total. The fraction of sp³-hybridized carbons (Fsp3) is 0.500. The standard InChI is InChI=1S/C16H21NO4/c1-11-6-5-7-12(2)17(11)15(19)10-21-16(20)13-8-3-4-9-14(13)18/h3-4,8-9,11-12,18H,5-7,10H2,1-2H3/t11-,12-/m0/s1. The van der Waals surface area contributed by atoms with E-state index in [1.54, 1.807) is 17.0 Å². The Balaban J connectivity index is 1.95. The van der Waals surface area contributed by atoms with Crippen LogP contribution in [0.15, 0.2) is 24.3 Å². The second-order valence-electron chi connectivity index (χ2n) is 5.52. The molecule has 1 aliphatic heterocycles. The molecule has 21 heavy (non-hydrogen) atoms. The van der Waals surface area contributed by atoms with Crippen LogP contribution in [0.2, 0.25) is 0 Å². The Morgan fingerprint density at radius 2 is 1.86 bits per heavy atom. The number of para-hydroxylation sites is 1. The van der Waals surface area contributed by atoms with Gasteiger partial charge in [0.05, 0.1) is 0 Å². The van der Waals surface area contributed by atoms with Crippen molar-refractivity contribution in [2.24, 2.45) is 0 Å². The highest BCUT2D eigenvalue weighted by Crippen LogP contribution is 2.23. The summed E-state index contributed by atoms with van der Waals surface area (Å²) in [4.78, 5) is 25.9. The van der Waals surface area contributed by atoms with Crippen LogP contribution >= 0.6 is 0 Å². The van der Waals surface area contributed by atoms with Gasteiger partial charge >= 0.3 is 5.97 Å². The van der Waals surface area contributed by atoms with Gasteiger partial charge in [-0.1, -0.05) is 12.1 Å². The number of ether oxygens (including phenoxy) is 1. The number of carbonyl (C=O) groups excluding carboxylic acids is 2. The van der Waals surface area contributed by atoms with Gasteiger partial charge in [0.1, 0.15) is 11.3 Å². The summed E-state index contributed by atoms with van der Waals surface area (Å²) in [5, 5.41) is 9.58. The molecule has 0 aliphatic carbocycles. The summed E-state index contributed by atoms with van der Waals surface area (Å²) in [5.41, 5.74) is 0.0741. The number of benzene rings is 1. The Morgan fingerprint density at radius 1 is 1.24 bits per heavy atom. The minimum Gasteiger partial charge on any atom is -0.507 e. The van der Waals surface area contributed by atoms with Crippen LogP contribution in [-0.4, -0.2) is 40.6 Å². The Labute approximate surface area is 124 Å². The van der Waals surface area contributed by atoms with E-state index in [-0.39, 0.29) is 35.9 Å². The van der Waals surface area contributed by atoms with Crippen molar-refractivity contribution >= 4 is 11.9 Å². The average molecular weight is 291 g/mol. The van der Waals surface area contributed by atoms with Gasteiger partial charge in [-0.05, 0) is 45.2 Å². The van der Waals surface area contributed by atoms with Gasteiger partial charge in [-0.2, -0.15) is 0 Å². The van der Waals surface area contributed by atoms with Crippen LogP contribution < -0.4 is 0 Å². The van der Waals surface area contributed by atoms with Gasteiger partial charge in [0.15, 0.2) is 6.61 Å². The van der Waals surface area contributed by atoms with Gasteiger partial charge in [-0.25, -0.2) is 4.79 Å². The van der Waals surface area contributed by atoms with Gasteiger partial charge in [0, 0.05) is 12.1 Å². The molecule has 0 spiro atoms. The predicted molar refractivity (Wildman–Crippen MR) is 78.0 cm³/mol. The van der Waals surface area contributed by atoms with Crippen molar-refractivity contribution in [3.8, 4) is 5.75 Å². The van der Waals surface area contributed by atoms with Crippen LogP contribution in [0.1, 0.15) is 43.5 Å². The summed E-state index contributed by atoms with van der Waals surface area (Å²) in [6.07, 6.45) is 3.07. The van der Waals surface area contributed by atoms with Crippen LogP contribution in [-0.2, 0) is 9.53 Å². The largest absolute Gasteiger partial charge is 0.507 e. The van der Waals surface area contributed by atoms with Crippen molar-refractivity contribution < 1.29 is 19.4 Å². The summed E-state index contributed by atoms with van der Waals surface area (Å²) < 4.78 is 5.03. The molecule has 1 amide bonds. The number of carbonyl (C=O) groups is 2. The first-order valence-corrected chi connectivity index (χ1v) is 7.27. The van der Waals surface area contributed by atoms with Crippen molar-refractivity contribution in [3.05, 3.63) is 29.8 Å². The monoisotopic (exact) mass is 291 g/mol. The molecule has 2 atom stereocenters. The van der Waals surface area contributed by atoms with Crippen molar-refractivity contribution in [3.63, 3.8) is 0 Å². The number of aromatic hydroxyl groups is 1. The normalized spacial score (nSPS) is 21.9. The Hall–Kier alpha value is -2.04. The van der Waals surface area contributed by atoms with E-state index < -0.39 is 5.97 Å². The van der Waals surface area contributed by atoms with Crippen LogP contribution in [0, 0.1) is 0 Å². The molecule has 0 bridgehead atoms. The Morgan fingerprint density at radius 3 is 2.48 bits per heavy atom. The zero-order valence-electron chi connectivity index (χ0n) is 12.4. The second-order valence-corrected chi connectivity index (χ2v) is 5.52. The van der Waals surface area contributed by atoms with Crippen LogP contribution in [0.4, 0.5) is 0 Å². The summed E-state index contributed by atoms with van der Waals surface area (Å²) in [6, 6.07) is 6.47. The maximum Gasteiger partial charge on any atom is 0.342 e. The van der Waals surface area contributed by atoms with E-state index in [4.69, 9.17) is 4.74 Å². The lowest BCUT2D eigenvalue weighted by atomic mass is 9.97. The molecular formula is C16H21NO4. The quantitative estimate of drug-likeness (QED) is 0.868. The predicted octanol–water partition coefficient (Wildman–Crippen LogP) is 2.34. The molecule has 1 aromatic carbocycles. The summed E-state index contributed by atoms with van der Waals surface area (Å²) in [6.45, 7) is 3.73. The maximum absolute atomic E-state index is 12.2. The van der Waals surface area contributed by atoms with E-state index in [2.05, 4.69) is 0 Å². The summed E-state index contributed by atoms with van der Waals surface area (Å²) in [5.74, 6) is -1.01. The fourth-order valence-corrected chi connectivity index (χ4v) is 2.84. The van der Waals surface area contributed by atoms with E-state index in [1.807, 2.05) is 13.8 Å². The SMILES string of the molecule is C[C@H]1CCC[C@H](C)N1C(=O)COC(=O)c1ccccc1O. The zero-order chi connectivity index (χ0) is 15.4. The average Bonchev–Trinajstić information content (AvgIpc) is 2.45. The molecule has 0 aromatic heterocycles. The highest BCUT2D eigenvalue weighted by molar-refractivity contribution is 5.93. The number of likely N-dealkylation sites (tertiary alicyclic amines) is 1. The third-order valence-corrected chi connectivity index (χ3v) is 3.93. The second kappa shape index (κ2) is 6.61. The van der Waals surface area contributed by atoms with Crippen molar-refractivity contribution in [2.75, 3.05) is 6.61 Å².